The second-order valence-electron chi connectivity index (χ2n) is 6.22. The Morgan fingerprint density at radius 1 is 1.12 bits per heavy atom. The van der Waals surface area contributed by atoms with Crippen molar-refractivity contribution in [1.82, 2.24) is 5.32 Å². The van der Waals surface area contributed by atoms with Crippen molar-refractivity contribution in [1.29, 1.82) is 0 Å². The number of fused-ring (bicyclic) bond motifs is 1. The molecule has 0 aliphatic heterocycles. The Hall–Kier alpha value is -2.73. The molecule has 0 unspecified atom stereocenters. The van der Waals surface area contributed by atoms with Crippen molar-refractivity contribution in [2.45, 2.75) is 18.4 Å². The van der Waals surface area contributed by atoms with Crippen LogP contribution in [0, 0.1) is 0 Å². The number of hydrogen-bond donors (Lipinski definition) is 3. The van der Waals surface area contributed by atoms with Crippen LogP contribution in [0.4, 0.5) is 10.5 Å². The van der Waals surface area contributed by atoms with Gasteiger partial charge in [0.25, 0.3) is 0 Å². The number of carbonyl (C=O) groups is 1. The summed E-state index contributed by atoms with van der Waals surface area (Å²) in [6.07, 6.45) is 1.07. The molecule has 25 heavy (non-hydrogen) atoms. The second-order valence-corrected chi connectivity index (χ2v) is 6.22. The number of rotatable bonds is 5. The Balaban J connectivity index is 1.59. The third kappa shape index (κ3) is 3.85. The van der Waals surface area contributed by atoms with E-state index in [2.05, 4.69) is 10.6 Å². The van der Waals surface area contributed by atoms with Crippen LogP contribution in [0.3, 0.4) is 0 Å². The number of nitrogens with one attached hydrogen (secondary N) is 2. The Morgan fingerprint density at radius 2 is 1.80 bits per heavy atom. The van der Waals surface area contributed by atoms with Gasteiger partial charge in [-0.3, -0.25) is 0 Å². The Morgan fingerprint density at radius 3 is 2.40 bits per heavy atom. The number of amides is 2. The molecule has 6 nitrogen and oxygen atoms in total. The second kappa shape index (κ2) is 7.03. The summed E-state index contributed by atoms with van der Waals surface area (Å²) >= 11 is 0. The van der Waals surface area contributed by atoms with Gasteiger partial charge in [0.1, 0.15) is 11.5 Å². The highest BCUT2D eigenvalue weighted by atomic mass is 16.5. The molecule has 0 saturated carbocycles. The van der Waals surface area contributed by atoms with E-state index in [4.69, 9.17) is 9.47 Å². The number of methoxy groups -OCH3 is 2. The van der Waals surface area contributed by atoms with Crippen LogP contribution in [0.1, 0.15) is 11.1 Å². The summed E-state index contributed by atoms with van der Waals surface area (Å²) in [7, 11) is 3.09. The van der Waals surface area contributed by atoms with Crippen LogP contribution < -0.4 is 20.1 Å². The predicted molar refractivity (Wildman–Crippen MR) is 95.4 cm³/mol. The summed E-state index contributed by atoms with van der Waals surface area (Å²) in [5, 5.41) is 16.2. The highest BCUT2D eigenvalue weighted by Gasteiger charge is 2.35. The van der Waals surface area contributed by atoms with Crippen molar-refractivity contribution in [3.05, 3.63) is 53.6 Å². The minimum atomic E-state index is -0.953. The van der Waals surface area contributed by atoms with Gasteiger partial charge >= 0.3 is 6.03 Å². The van der Waals surface area contributed by atoms with Gasteiger partial charge in [0, 0.05) is 25.5 Å². The number of carbonyl (C=O) groups excluding carboxylic acids is 1. The standard InChI is InChI=1S/C19H22N2O4/c1-24-15-7-8-16(17(9-15)25-2)21-18(22)20-12-19(23)10-13-5-3-4-6-14(13)11-19/h3-9,23H,10-12H2,1-2H3,(H2,20,21,22). The topological polar surface area (TPSA) is 79.8 Å². The summed E-state index contributed by atoms with van der Waals surface area (Å²) in [6, 6.07) is 12.7. The number of urea groups is 1. The molecule has 2 aromatic rings. The molecule has 0 heterocycles. The average molecular weight is 342 g/mol. The summed E-state index contributed by atoms with van der Waals surface area (Å²) in [5.74, 6) is 1.14. The zero-order chi connectivity index (χ0) is 17.9. The van der Waals surface area contributed by atoms with E-state index in [0.29, 0.717) is 30.0 Å². The molecule has 132 valence electrons. The molecule has 0 fully saturated rings. The first kappa shape index (κ1) is 17.1. The zero-order valence-corrected chi connectivity index (χ0v) is 14.3. The minimum Gasteiger partial charge on any atom is -0.497 e. The Labute approximate surface area is 146 Å². The smallest absolute Gasteiger partial charge is 0.319 e. The van der Waals surface area contributed by atoms with Crippen LogP contribution in [-0.2, 0) is 12.8 Å². The maximum absolute atomic E-state index is 12.2. The van der Waals surface area contributed by atoms with Gasteiger partial charge in [-0.15, -0.1) is 0 Å². The van der Waals surface area contributed by atoms with Crippen LogP contribution in [0.15, 0.2) is 42.5 Å². The highest BCUT2D eigenvalue weighted by molar-refractivity contribution is 5.91. The van der Waals surface area contributed by atoms with E-state index < -0.39 is 11.6 Å². The van der Waals surface area contributed by atoms with Crippen molar-refractivity contribution < 1.29 is 19.4 Å². The molecule has 0 aromatic heterocycles. The SMILES string of the molecule is COc1ccc(NC(=O)NCC2(O)Cc3ccccc3C2)c(OC)c1. The minimum absolute atomic E-state index is 0.173. The monoisotopic (exact) mass is 342 g/mol. The van der Waals surface area contributed by atoms with Crippen molar-refractivity contribution in [2.75, 3.05) is 26.1 Å². The van der Waals surface area contributed by atoms with E-state index in [-0.39, 0.29) is 6.54 Å². The average Bonchev–Trinajstić information content (AvgIpc) is 2.97. The first-order valence-electron chi connectivity index (χ1n) is 8.09. The lowest BCUT2D eigenvalue weighted by Crippen LogP contribution is -2.45. The molecule has 3 rings (SSSR count). The molecule has 6 heteroatoms. The van der Waals surface area contributed by atoms with E-state index in [0.717, 1.165) is 11.1 Å². The van der Waals surface area contributed by atoms with Crippen molar-refractivity contribution in [3.63, 3.8) is 0 Å². The van der Waals surface area contributed by atoms with Gasteiger partial charge in [-0.1, -0.05) is 24.3 Å². The van der Waals surface area contributed by atoms with Gasteiger partial charge < -0.3 is 25.2 Å². The number of anilines is 1. The predicted octanol–water partition coefficient (Wildman–Crippen LogP) is 2.36. The molecular formula is C19H22N2O4. The summed E-state index contributed by atoms with van der Waals surface area (Å²) in [4.78, 5) is 12.2. The molecule has 2 aromatic carbocycles. The Kier molecular flexibility index (Phi) is 4.81. The van der Waals surface area contributed by atoms with Gasteiger partial charge in [0.2, 0.25) is 0 Å². The molecule has 0 radical (unpaired) electrons. The summed E-state index contributed by atoms with van der Waals surface area (Å²) < 4.78 is 10.4. The zero-order valence-electron chi connectivity index (χ0n) is 14.3. The van der Waals surface area contributed by atoms with E-state index in [9.17, 15) is 9.90 Å². The normalized spacial score (nSPS) is 14.5. The highest BCUT2D eigenvalue weighted by Crippen LogP contribution is 2.30. The van der Waals surface area contributed by atoms with E-state index in [1.54, 1.807) is 25.3 Å². The van der Waals surface area contributed by atoms with Crippen LogP contribution in [0.5, 0.6) is 11.5 Å². The van der Waals surface area contributed by atoms with E-state index in [1.165, 1.54) is 7.11 Å². The number of benzene rings is 2. The van der Waals surface area contributed by atoms with Gasteiger partial charge in [-0.2, -0.15) is 0 Å². The van der Waals surface area contributed by atoms with Crippen molar-refractivity contribution in [2.24, 2.45) is 0 Å². The lowest BCUT2D eigenvalue weighted by Gasteiger charge is -2.23. The van der Waals surface area contributed by atoms with Crippen LogP contribution in [0.25, 0.3) is 0 Å². The van der Waals surface area contributed by atoms with Crippen LogP contribution in [-0.4, -0.2) is 37.5 Å². The quantitative estimate of drug-likeness (QED) is 0.779. The third-order valence-electron chi connectivity index (χ3n) is 4.39. The van der Waals surface area contributed by atoms with Crippen molar-refractivity contribution in [3.8, 4) is 11.5 Å². The molecule has 0 atom stereocenters. The fourth-order valence-corrected chi connectivity index (χ4v) is 3.11. The van der Waals surface area contributed by atoms with Gasteiger partial charge in [-0.05, 0) is 23.3 Å². The number of aliphatic hydroxyl groups is 1. The molecule has 1 aliphatic rings. The fourth-order valence-electron chi connectivity index (χ4n) is 3.11. The maximum Gasteiger partial charge on any atom is 0.319 e. The Bertz CT molecular complexity index is 751. The first-order chi connectivity index (χ1) is 12.0. The molecule has 0 spiro atoms. The van der Waals surface area contributed by atoms with Gasteiger partial charge in [0.15, 0.2) is 0 Å². The summed E-state index contributed by atoms with van der Waals surface area (Å²) in [6.45, 7) is 0.173. The maximum atomic E-state index is 12.2. The first-order valence-corrected chi connectivity index (χ1v) is 8.09. The molecule has 1 aliphatic carbocycles. The van der Waals surface area contributed by atoms with E-state index >= 15 is 0 Å². The third-order valence-corrected chi connectivity index (χ3v) is 4.39. The molecule has 0 bridgehead atoms. The molecule has 0 saturated heterocycles. The lowest BCUT2D eigenvalue weighted by atomic mass is 10.0. The number of hydrogen-bond acceptors (Lipinski definition) is 4. The summed E-state index contributed by atoms with van der Waals surface area (Å²) in [5.41, 5.74) is 1.83. The van der Waals surface area contributed by atoms with Gasteiger partial charge in [-0.25, -0.2) is 4.79 Å². The lowest BCUT2D eigenvalue weighted by molar-refractivity contribution is 0.0541. The molecule has 2 amide bonds. The molecule has 3 N–H and O–H groups in total. The fraction of sp³-hybridized carbons (Fsp3) is 0.316. The number of ether oxygens (including phenoxy) is 2. The van der Waals surface area contributed by atoms with Crippen molar-refractivity contribution >= 4 is 11.7 Å². The largest absolute Gasteiger partial charge is 0.497 e. The van der Waals surface area contributed by atoms with E-state index in [1.807, 2.05) is 24.3 Å². The van der Waals surface area contributed by atoms with Crippen LogP contribution in [0.2, 0.25) is 0 Å². The molecular weight excluding hydrogens is 320 g/mol. The van der Waals surface area contributed by atoms with Crippen LogP contribution >= 0.6 is 0 Å². The van der Waals surface area contributed by atoms with Gasteiger partial charge in [0.05, 0.1) is 25.5 Å².